The minimum atomic E-state index is -4.42. The van der Waals surface area contributed by atoms with E-state index in [0.717, 1.165) is 12.1 Å². The van der Waals surface area contributed by atoms with E-state index < -0.39 is 17.7 Å². The van der Waals surface area contributed by atoms with Gasteiger partial charge in [0.15, 0.2) is 0 Å². The standard InChI is InChI=1S/C22H21F3N2O3/c1-2-18-17(11-21(29)30)16-8-3-4-9-19(16)27(18)20(28)13-26-12-14-6-5-7-15(10-14)22(23,24)25/h3-10,26H,2,11-13H2,1H3,(H,29,30). The van der Waals surface area contributed by atoms with Crippen LogP contribution in [0.15, 0.2) is 48.5 Å². The first-order valence-electron chi connectivity index (χ1n) is 9.45. The van der Waals surface area contributed by atoms with E-state index in [1.54, 1.807) is 30.3 Å². The maximum Gasteiger partial charge on any atom is 0.416 e. The third-order valence-corrected chi connectivity index (χ3v) is 4.86. The van der Waals surface area contributed by atoms with Crippen molar-refractivity contribution in [3.63, 3.8) is 0 Å². The van der Waals surface area contributed by atoms with E-state index in [1.165, 1.54) is 10.6 Å². The van der Waals surface area contributed by atoms with Crippen LogP contribution in [0.1, 0.15) is 34.1 Å². The molecule has 0 spiro atoms. The van der Waals surface area contributed by atoms with Crippen molar-refractivity contribution >= 4 is 22.8 Å². The number of alkyl halides is 3. The molecule has 1 aromatic heterocycles. The molecule has 3 rings (SSSR count). The van der Waals surface area contributed by atoms with E-state index in [2.05, 4.69) is 5.32 Å². The van der Waals surface area contributed by atoms with Gasteiger partial charge in [-0.05, 0) is 29.7 Å². The lowest BCUT2D eigenvalue weighted by atomic mass is 10.1. The molecule has 2 aromatic carbocycles. The van der Waals surface area contributed by atoms with Crippen molar-refractivity contribution in [2.24, 2.45) is 0 Å². The number of fused-ring (bicyclic) bond motifs is 1. The van der Waals surface area contributed by atoms with Crippen LogP contribution in [0.2, 0.25) is 0 Å². The molecule has 0 amide bonds. The van der Waals surface area contributed by atoms with Crippen LogP contribution < -0.4 is 5.32 Å². The maximum atomic E-state index is 12.9. The van der Waals surface area contributed by atoms with Gasteiger partial charge in [0.1, 0.15) is 0 Å². The lowest BCUT2D eigenvalue weighted by molar-refractivity contribution is -0.138. The average molecular weight is 418 g/mol. The highest BCUT2D eigenvalue weighted by atomic mass is 19.4. The van der Waals surface area contributed by atoms with Crippen LogP contribution in [0, 0.1) is 0 Å². The molecule has 5 nitrogen and oxygen atoms in total. The van der Waals surface area contributed by atoms with Crippen molar-refractivity contribution < 1.29 is 27.9 Å². The summed E-state index contributed by atoms with van der Waals surface area (Å²) in [6.07, 6.45) is -4.15. The number of hydrogen-bond acceptors (Lipinski definition) is 3. The van der Waals surface area contributed by atoms with Crippen molar-refractivity contribution in [1.29, 1.82) is 0 Å². The molecule has 0 radical (unpaired) electrons. The summed E-state index contributed by atoms with van der Waals surface area (Å²) in [6.45, 7) is 1.84. The Labute approximate surface area is 171 Å². The number of carboxylic acid groups (broad SMARTS) is 1. The molecule has 0 saturated carbocycles. The molecule has 158 valence electrons. The Morgan fingerprint density at radius 3 is 2.50 bits per heavy atom. The SMILES string of the molecule is CCc1c(CC(=O)O)c2ccccc2n1C(=O)CNCc1cccc(C(F)(F)F)c1. The number of carboxylic acids is 1. The molecule has 1 heterocycles. The monoisotopic (exact) mass is 418 g/mol. The first-order valence-corrected chi connectivity index (χ1v) is 9.45. The number of rotatable bonds is 7. The van der Waals surface area contributed by atoms with Gasteiger partial charge in [-0.1, -0.05) is 43.3 Å². The number of nitrogens with zero attached hydrogens (tertiary/aromatic N) is 1. The highest BCUT2D eigenvalue weighted by Crippen LogP contribution is 2.30. The molecule has 0 unspecified atom stereocenters. The minimum absolute atomic E-state index is 0.0955. The summed E-state index contributed by atoms with van der Waals surface area (Å²) in [6, 6.07) is 12.0. The number of para-hydroxylation sites is 1. The molecule has 3 aromatic rings. The van der Waals surface area contributed by atoms with Crippen LogP contribution in [0.3, 0.4) is 0 Å². The lowest BCUT2D eigenvalue weighted by Crippen LogP contribution is -2.28. The van der Waals surface area contributed by atoms with Crippen LogP contribution in [0.4, 0.5) is 13.2 Å². The molecule has 30 heavy (non-hydrogen) atoms. The van der Waals surface area contributed by atoms with Gasteiger partial charge in [0.05, 0.1) is 24.0 Å². The van der Waals surface area contributed by atoms with Crippen molar-refractivity contribution in [3.05, 3.63) is 70.9 Å². The van der Waals surface area contributed by atoms with Gasteiger partial charge in [-0.15, -0.1) is 0 Å². The highest BCUT2D eigenvalue weighted by molar-refractivity contribution is 5.98. The zero-order valence-corrected chi connectivity index (χ0v) is 16.3. The fourth-order valence-corrected chi connectivity index (χ4v) is 3.61. The number of benzene rings is 2. The summed E-state index contributed by atoms with van der Waals surface area (Å²) in [7, 11) is 0. The van der Waals surface area contributed by atoms with Crippen LogP contribution >= 0.6 is 0 Å². The summed E-state index contributed by atoms with van der Waals surface area (Å²) >= 11 is 0. The second-order valence-corrected chi connectivity index (χ2v) is 6.90. The molecule has 0 bridgehead atoms. The summed E-state index contributed by atoms with van der Waals surface area (Å²) in [5, 5.41) is 12.9. The Hall–Kier alpha value is -3.13. The van der Waals surface area contributed by atoms with Gasteiger partial charge in [-0.3, -0.25) is 14.2 Å². The third kappa shape index (κ3) is 4.54. The Bertz CT molecular complexity index is 1090. The molecular weight excluding hydrogens is 397 g/mol. The Balaban J connectivity index is 1.82. The van der Waals surface area contributed by atoms with E-state index in [0.29, 0.717) is 34.1 Å². The number of carbonyl (C=O) groups is 2. The molecule has 2 N–H and O–H groups in total. The zero-order valence-electron chi connectivity index (χ0n) is 16.3. The van der Waals surface area contributed by atoms with Gasteiger partial charge in [0.2, 0.25) is 5.91 Å². The fraction of sp³-hybridized carbons (Fsp3) is 0.273. The number of halogens is 3. The van der Waals surface area contributed by atoms with E-state index in [-0.39, 0.29) is 25.4 Å². The third-order valence-electron chi connectivity index (χ3n) is 4.86. The number of nitrogens with one attached hydrogen (secondary N) is 1. The second kappa shape index (κ2) is 8.71. The van der Waals surface area contributed by atoms with Crippen molar-refractivity contribution in [2.45, 2.75) is 32.5 Å². The van der Waals surface area contributed by atoms with Crippen LogP contribution in [-0.4, -0.2) is 28.1 Å². The van der Waals surface area contributed by atoms with E-state index in [1.807, 2.05) is 6.92 Å². The molecule has 0 aliphatic carbocycles. The fourth-order valence-electron chi connectivity index (χ4n) is 3.61. The van der Waals surface area contributed by atoms with Crippen molar-refractivity contribution in [2.75, 3.05) is 6.54 Å². The molecular formula is C22H21F3N2O3. The summed E-state index contributed by atoms with van der Waals surface area (Å²) < 4.78 is 40.0. The summed E-state index contributed by atoms with van der Waals surface area (Å²) in [4.78, 5) is 24.2. The van der Waals surface area contributed by atoms with Gasteiger partial charge < -0.3 is 10.4 Å². The first kappa shape index (κ1) is 21.6. The minimum Gasteiger partial charge on any atom is -0.481 e. The average Bonchev–Trinajstić information content (AvgIpc) is 3.00. The molecule has 8 heteroatoms. The largest absolute Gasteiger partial charge is 0.481 e. The van der Waals surface area contributed by atoms with Crippen molar-refractivity contribution in [3.8, 4) is 0 Å². The predicted molar refractivity (Wildman–Crippen MR) is 106 cm³/mol. The van der Waals surface area contributed by atoms with Crippen LogP contribution in [0.5, 0.6) is 0 Å². The Morgan fingerprint density at radius 1 is 1.10 bits per heavy atom. The molecule has 0 fully saturated rings. The van der Waals surface area contributed by atoms with Gasteiger partial charge in [-0.25, -0.2) is 0 Å². The highest BCUT2D eigenvalue weighted by Gasteiger charge is 2.30. The smallest absolute Gasteiger partial charge is 0.416 e. The molecule has 0 aliphatic rings. The number of carbonyl (C=O) groups excluding carboxylic acids is 1. The quantitative estimate of drug-likeness (QED) is 0.601. The Kier molecular flexibility index (Phi) is 6.26. The topological polar surface area (TPSA) is 71.3 Å². The number of aromatic nitrogens is 1. The van der Waals surface area contributed by atoms with Gasteiger partial charge in [-0.2, -0.15) is 13.2 Å². The van der Waals surface area contributed by atoms with Gasteiger partial charge >= 0.3 is 12.1 Å². The number of hydrogen-bond donors (Lipinski definition) is 2. The molecule has 0 saturated heterocycles. The summed E-state index contributed by atoms with van der Waals surface area (Å²) in [5.74, 6) is -1.28. The second-order valence-electron chi connectivity index (χ2n) is 6.90. The van der Waals surface area contributed by atoms with Crippen LogP contribution in [-0.2, 0) is 30.4 Å². The van der Waals surface area contributed by atoms with Gasteiger partial charge in [0.25, 0.3) is 0 Å². The first-order chi connectivity index (χ1) is 14.2. The van der Waals surface area contributed by atoms with Gasteiger partial charge in [0, 0.05) is 17.6 Å². The maximum absolute atomic E-state index is 12.9. The molecule has 0 aliphatic heterocycles. The number of aliphatic carboxylic acids is 1. The van der Waals surface area contributed by atoms with E-state index >= 15 is 0 Å². The van der Waals surface area contributed by atoms with E-state index in [4.69, 9.17) is 0 Å². The van der Waals surface area contributed by atoms with Crippen molar-refractivity contribution in [1.82, 2.24) is 9.88 Å². The van der Waals surface area contributed by atoms with E-state index in [9.17, 15) is 27.9 Å². The molecule has 0 atom stereocenters. The van der Waals surface area contributed by atoms with Crippen LogP contribution in [0.25, 0.3) is 10.9 Å². The predicted octanol–water partition coefficient (Wildman–Crippen LogP) is 4.28. The zero-order chi connectivity index (χ0) is 21.9. The Morgan fingerprint density at radius 2 is 1.83 bits per heavy atom. The normalized spacial score (nSPS) is 11.7. The lowest BCUT2D eigenvalue weighted by Gasteiger charge is -2.11. The summed E-state index contributed by atoms with van der Waals surface area (Å²) in [5.41, 5.74) is 1.53.